The molecule has 1 amide bonds. The van der Waals surface area contributed by atoms with Crippen LogP contribution >= 0.6 is 0 Å². The van der Waals surface area contributed by atoms with Gasteiger partial charge in [0.05, 0.1) is 10.6 Å². The number of rotatable bonds is 3. The number of aromatic hydroxyl groups is 1. The van der Waals surface area contributed by atoms with Crippen LogP contribution in [0.15, 0.2) is 30.5 Å². The molecule has 0 saturated carbocycles. The van der Waals surface area contributed by atoms with Gasteiger partial charge in [-0.05, 0) is 12.1 Å². The second-order valence-electron chi connectivity index (χ2n) is 3.36. The number of benzene rings is 1. The van der Waals surface area contributed by atoms with Gasteiger partial charge in [0.25, 0.3) is 5.91 Å². The lowest BCUT2D eigenvalue weighted by molar-refractivity contribution is -0.385. The molecule has 0 aliphatic heterocycles. The molecule has 2 aromatic rings. The first kappa shape index (κ1) is 11.6. The van der Waals surface area contributed by atoms with Crippen molar-refractivity contribution in [3.05, 3.63) is 46.3 Å². The van der Waals surface area contributed by atoms with E-state index in [4.69, 9.17) is 0 Å². The molecular weight excluding hydrogens is 240 g/mol. The highest BCUT2D eigenvalue weighted by Gasteiger charge is 2.23. The number of phenolic OH excluding ortho intramolecular Hbond substituents is 1. The maximum absolute atomic E-state index is 11.8. The summed E-state index contributed by atoms with van der Waals surface area (Å²) in [6, 6.07) is 6.05. The summed E-state index contributed by atoms with van der Waals surface area (Å²) in [6.07, 6.45) is 0.944. The lowest BCUT2D eigenvalue weighted by Gasteiger charge is -2.04. The molecule has 8 heteroatoms. The van der Waals surface area contributed by atoms with E-state index in [-0.39, 0.29) is 17.1 Å². The molecule has 1 heterocycles. The van der Waals surface area contributed by atoms with Crippen molar-refractivity contribution in [2.24, 2.45) is 0 Å². The number of nitro groups is 1. The molecule has 8 nitrogen and oxygen atoms in total. The first-order valence-corrected chi connectivity index (χ1v) is 4.86. The Morgan fingerprint density at radius 1 is 1.44 bits per heavy atom. The molecule has 0 bridgehead atoms. The molecule has 0 unspecified atom stereocenters. The van der Waals surface area contributed by atoms with Crippen LogP contribution in [0.1, 0.15) is 10.5 Å². The van der Waals surface area contributed by atoms with Crippen molar-refractivity contribution in [2.75, 3.05) is 5.32 Å². The monoisotopic (exact) mass is 248 g/mol. The SMILES string of the molecule is O=C(Nc1ccccc1O)c1[nH]ncc1[N+](=O)[O-]. The molecule has 92 valence electrons. The number of para-hydroxylation sites is 2. The maximum atomic E-state index is 11.8. The quantitative estimate of drug-likeness (QED) is 0.429. The minimum Gasteiger partial charge on any atom is -0.506 e. The van der Waals surface area contributed by atoms with Gasteiger partial charge in [-0.15, -0.1) is 0 Å². The number of nitrogens with zero attached hydrogens (tertiary/aromatic N) is 2. The minimum absolute atomic E-state index is 0.131. The Labute approximate surface area is 100 Å². The summed E-state index contributed by atoms with van der Waals surface area (Å²) in [5, 5.41) is 28.1. The van der Waals surface area contributed by atoms with Gasteiger partial charge in [-0.1, -0.05) is 12.1 Å². The molecule has 0 aliphatic carbocycles. The minimum atomic E-state index is -0.749. The van der Waals surface area contributed by atoms with Gasteiger partial charge in [-0.2, -0.15) is 5.10 Å². The van der Waals surface area contributed by atoms with E-state index >= 15 is 0 Å². The third-order valence-electron chi connectivity index (χ3n) is 2.20. The van der Waals surface area contributed by atoms with Crippen molar-refractivity contribution >= 4 is 17.3 Å². The van der Waals surface area contributed by atoms with Crippen LogP contribution in [0.3, 0.4) is 0 Å². The van der Waals surface area contributed by atoms with Gasteiger partial charge in [0.15, 0.2) is 0 Å². The molecule has 18 heavy (non-hydrogen) atoms. The van der Waals surface area contributed by atoms with Gasteiger partial charge < -0.3 is 10.4 Å². The molecule has 3 N–H and O–H groups in total. The van der Waals surface area contributed by atoms with Crippen LogP contribution < -0.4 is 5.32 Å². The largest absolute Gasteiger partial charge is 0.506 e. The summed E-state index contributed by atoms with van der Waals surface area (Å²) in [5.74, 6) is -0.881. The molecule has 0 spiro atoms. The van der Waals surface area contributed by atoms with Crippen LogP contribution in [0.5, 0.6) is 5.75 Å². The lowest BCUT2D eigenvalue weighted by Crippen LogP contribution is -2.14. The van der Waals surface area contributed by atoms with E-state index in [2.05, 4.69) is 15.5 Å². The standard InChI is InChI=1S/C10H8N4O4/c15-8-4-2-1-3-6(8)12-10(16)9-7(14(17)18)5-11-13-9/h1-5,15H,(H,11,13)(H,12,16). The highest BCUT2D eigenvalue weighted by Crippen LogP contribution is 2.23. The van der Waals surface area contributed by atoms with Crippen LogP contribution in [-0.4, -0.2) is 26.1 Å². The number of phenols is 1. The summed E-state index contributed by atoms with van der Waals surface area (Å²) < 4.78 is 0. The molecular formula is C10H8N4O4. The van der Waals surface area contributed by atoms with Gasteiger partial charge in [-0.3, -0.25) is 20.0 Å². The Morgan fingerprint density at radius 2 is 2.17 bits per heavy atom. The van der Waals surface area contributed by atoms with Crippen molar-refractivity contribution < 1.29 is 14.8 Å². The van der Waals surface area contributed by atoms with E-state index in [1.165, 1.54) is 12.1 Å². The van der Waals surface area contributed by atoms with E-state index < -0.39 is 16.5 Å². The molecule has 2 rings (SSSR count). The highest BCUT2D eigenvalue weighted by atomic mass is 16.6. The summed E-state index contributed by atoms with van der Waals surface area (Å²) in [5.41, 5.74) is -0.544. The fourth-order valence-corrected chi connectivity index (χ4v) is 1.35. The van der Waals surface area contributed by atoms with Gasteiger partial charge in [-0.25, -0.2) is 0 Å². The summed E-state index contributed by atoms with van der Waals surface area (Å²) in [7, 11) is 0. The van der Waals surface area contributed by atoms with Crippen molar-refractivity contribution in [1.82, 2.24) is 10.2 Å². The average Bonchev–Trinajstić information content (AvgIpc) is 2.81. The molecule has 1 aromatic carbocycles. The molecule has 0 aliphatic rings. The van der Waals surface area contributed by atoms with Gasteiger partial charge >= 0.3 is 5.69 Å². The van der Waals surface area contributed by atoms with Crippen LogP contribution in [-0.2, 0) is 0 Å². The number of hydrogen-bond acceptors (Lipinski definition) is 5. The second-order valence-corrected chi connectivity index (χ2v) is 3.36. The van der Waals surface area contributed by atoms with Gasteiger partial charge in [0, 0.05) is 0 Å². The van der Waals surface area contributed by atoms with E-state index in [1.54, 1.807) is 12.1 Å². The zero-order valence-electron chi connectivity index (χ0n) is 8.95. The lowest BCUT2D eigenvalue weighted by atomic mass is 10.2. The summed E-state index contributed by atoms with van der Waals surface area (Å²) in [6.45, 7) is 0. The molecule has 0 radical (unpaired) electrons. The highest BCUT2D eigenvalue weighted by molar-refractivity contribution is 6.06. The predicted octanol–water partition coefficient (Wildman–Crippen LogP) is 1.28. The number of carbonyl (C=O) groups excluding carboxylic acids is 1. The number of nitrogens with one attached hydrogen (secondary N) is 2. The Hall–Kier alpha value is -2.90. The Kier molecular flexibility index (Phi) is 2.92. The molecule has 1 aromatic heterocycles. The van der Waals surface area contributed by atoms with Crippen LogP contribution in [0, 0.1) is 10.1 Å². The topological polar surface area (TPSA) is 121 Å². The first-order valence-electron chi connectivity index (χ1n) is 4.86. The summed E-state index contributed by atoms with van der Waals surface area (Å²) in [4.78, 5) is 21.7. The second kappa shape index (κ2) is 4.53. The van der Waals surface area contributed by atoms with Crippen LogP contribution in [0.2, 0.25) is 0 Å². The number of hydrogen-bond donors (Lipinski definition) is 3. The van der Waals surface area contributed by atoms with E-state index in [0.717, 1.165) is 6.20 Å². The number of amides is 1. The number of anilines is 1. The fourth-order valence-electron chi connectivity index (χ4n) is 1.35. The number of aromatic amines is 1. The molecule has 0 fully saturated rings. The number of aromatic nitrogens is 2. The van der Waals surface area contributed by atoms with E-state index in [0.29, 0.717) is 0 Å². The zero-order valence-corrected chi connectivity index (χ0v) is 8.95. The Bertz CT molecular complexity index is 607. The van der Waals surface area contributed by atoms with Gasteiger partial charge in [0.1, 0.15) is 11.9 Å². The smallest absolute Gasteiger partial charge is 0.319 e. The van der Waals surface area contributed by atoms with Crippen LogP contribution in [0.25, 0.3) is 0 Å². The van der Waals surface area contributed by atoms with Gasteiger partial charge in [0.2, 0.25) is 5.69 Å². The van der Waals surface area contributed by atoms with Crippen molar-refractivity contribution in [2.45, 2.75) is 0 Å². The normalized spacial score (nSPS) is 10.0. The zero-order chi connectivity index (χ0) is 13.1. The van der Waals surface area contributed by atoms with Crippen molar-refractivity contribution in [3.8, 4) is 5.75 Å². The molecule has 0 atom stereocenters. The molecule has 0 saturated heterocycles. The van der Waals surface area contributed by atoms with E-state index in [1.807, 2.05) is 0 Å². The first-order chi connectivity index (χ1) is 8.59. The Balaban J connectivity index is 2.25. The average molecular weight is 248 g/mol. The number of carbonyl (C=O) groups is 1. The third kappa shape index (κ3) is 2.12. The maximum Gasteiger partial charge on any atom is 0.319 e. The Morgan fingerprint density at radius 3 is 2.83 bits per heavy atom. The number of H-pyrrole nitrogens is 1. The van der Waals surface area contributed by atoms with E-state index in [9.17, 15) is 20.0 Å². The third-order valence-corrected chi connectivity index (χ3v) is 2.20. The van der Waals surface area contributed by atoms with Crippen molar-refractivity contribution in [1.29, 1.82) is 0 Å². The van der Waals surface area contributed by atoms with Crippen molar-refractivity contribution in [3.63, 3.8) is 0 Å². The predicted molar refractivity (Wildman–Crippen MR) is 61.3 cm³/mol. The fraction of sp³-hybridized carbons (Fsp3) is 0. The van der Waals surface area contributed by atoms with Crippen LogP contribution in [0.4, 0.5) is 11.4 Å². The summed E-state index contributed by atoms with van der Waals surface area (Å²) >= 11 is 0.